The van der Waals surface area contributed by atoms with Gasteiger partial charge in [0, 0.05) is 14.5 Å². The number of carbonyl (C=O) groups is 1. The van der Waals surface area contributed by atoms with E-state index in [0.717, 1.165) is 5.01 Å². The smallest absolute Gasteiger partial charge is 0.331 e. The molecule has 0 saturated heterocycles. The van der Waals surface area contributed by atoms with Crippen LogP contribution in [0, 0.1) is 5.41 Å². The fraction of sp³-hybridized carbons (Fsp3) is 0.750. The lowest BCUT2D eigenvalue weighted by molar-refractivity contribution is -0.153. The molecule has 0 bridgehead atoms. The van der Waals surface area contributed by atoms with E-state index in [1.54, 1.807) is 0 Å². The maximum atomic E-state index is 12.4. The summed E-state index contributed by atoms with van der Waals surface area (Å²) < 4.78 is 7.55. The Hall–Kier alpha value is -2.96. The number of nitrogens with two attached hydrogens (primary N) is 5. The van der Waals surface area contributed by atoms with Crippen LogP contribution in [-0.4, -0.2) is 83.1 Å². The van der Waals surface area contributed by atoms with Gasteiger partial charge in [-0.2, -0.15) is 0 Å². The molecule has 168 valence electrons. The van der Waals surface area contributed by atoms with Gasteiger partial charge in [-0.05, 0) is 59.6 Å². The van der Waals surface area contributed by atoms with Crippen molar-refractivity contribution in [1.29, 1.82) is 5.41 Å². The zero-order valence-corrected chi connectivity index (χ0v) is 17.3. The predicted octanol–water partition coefficient (Wildman–Crippen LogP) is -1.78. The highest BCUT2D eigenvalue weighted by molar-refractivity contribution is 5.80. The van der Waals surface area contributed by atoms with Crippen molar-refractivity contribution in [3.63, 3.8) is 0 Å². The van der Waals surface area contributed by atoms with E-state index in [2.05, 4.69) is 10.2 Å². The monoisotopic (exact) mass is 416 g/mol. The molecule has 1 atom stereocenters. The Morgan fingerprint density at radius 1 is 1.03 bits per heavy atom. The molecule has 0 aromatic carbocycles. The van der Waals surface area contributed by atoms with Gasteiger partial charge >= 0.3 is 5.97 Å². The molecule has 0 saturated carbocycles. The lowest BCUT2D eigenvalue weighted by Gasteiger charge is -2.39. The number of hydrazone groups is 2. The van der Waals surface area contributed by atoms with E-state index in [1.807, 2.05) is 19.0 Å². The number of nitrogens with zero attached hydrogens (tertiary/aromatic N) is 5. The van der Waals surface area contributed by atoms with Gasteiger partial charge in [0.25, 0.3) is 0 Å². The maximum absolute atomic E-state index is 12.4. The Kier molecular flexibility index (Phi) is 10.4. The summed E-state index contributed by atoms with van der Waals surface area (Å²) in [6, 6.07) is 0. The number of guanidine groups is 3. The fourth-order valence-corrected chi connectivity index (χ4v) is 2.94. The Balaban J connectivity index is 5.53. The van der Waals surface area contributed by atoms with Crippen LogP contribution in [0.1, 0.15) is 40.4 Å². The Labute approximate surface area is 173 Å². The Bertz CT molecular complexity index is 606. The van der Waals surface area contributed by atoms with E-state index < -0.39 is 11.5 Å². The number of unbranched alkanes of at least 4 members (excludes halogenated alkanes) is 1. The quantitative estimate of drug-likeness (QED) is 0.0728. The third-order valence-electron chi connectivity index (χ3n) is 4.26. The number of carboxylic acid groups (broad SMARTS) is 1. The van der Waals surface area contributed by atoms with Gasteiger partial charge in [-0.3, -0.25) is 10.4 Å². The van der Waals surface area contributed by atoms with Crippen molar-refractivity contribution in [3.05, 3.63) is 0 Å². The van der Waals surface area contributed by atoms with Crippen LogP contribution in [0.2, 0.25) is 0 Å². The Morgan fingerprint density at radius 3 is 2.07 bits per heavy atom. The van der Waals surface area contributed by atoms with Crippen LogP contribution in [0.4, 0.5) is 0 Å². The van der Waals surface area contributed by atoms with Crippen LogP contribution in [0.3, 0.4) is 0 Å². The van der Waals surface area contributed by atoms with Gasteiger partial charge in [0.2, 0.25) is 17.9 Å². The van der Waals surface area contributed by atoms with Gasteiger partial charge in [-0.15, -0.1) is 10.2 Å². The minimum atomic E-state index is -1.38. The summed E-state index contributed by atoms with van der Waals surface area (Å²) in [4.78, 5) is 14.4. The SMILES string of the molecule is [2H]CCN(N=C(N)N)[C@](CCCCN(N=C(N)N)C(=N)N)(CCCN(C)C)C(=O)O. The summed E-state index contributed by atoms with van der Waals surface area (Å²) >= 11 is 0. The highest BCUT2D eigenvalue weighted by atomic mass is 16.4. The first kappa shape index (κ1) is 24.1. The van der Waals surface area contributed by atoms with Crippen LogP contribution in [0.5, 0.6) is 0 Å². The molecule has 12 N–H and O–H groups in total. The van der Waals surface area contributed by atoms with Crippen LogP contribution >= 0.6 is 0 Å². The molecule has 0 amide bonds. The fourth-order valence-electron chi connectivity index (χ4n) is 2.94. The topological polar surface area (TPSA) is 226 Å². The number of nitrogens with one attached hydrogen (secondary N) is 1. The van der Waals surface area contributed by atoms with Crippen molar-refractivity contribution in [2.45, 2.75) is 44.5 Å². The summed E-state index contributed by atoms with van der Waals surface area (Å²) in [6.45, 7) is 0.928. The number of hydrogen-bond acceptors (Lipinski definition) is 6. The summed E-state index contributed by atoms with van der Waals surface area (Å²) in [5.41, 5.74) is 25.8. The van der Waals surface area contributed by atoms with Gasteiger partial charge in [-0.25, -0.2) is 9.80 Å². The normalized spacial score (nSPS) is 13.1. The lowest BCUT2D eigenvalue weighted by Crippen LogP contribution is -2.53. The third kappa shape index (κ3) is 9.19. The average Bonchev–Trinajstić information content (AvgIpc) is 2.60. The van der Waals surface area contributed by atoms with Gasteiger partial charge in [0.15, 0.2) is 5.54 Å². The molecule has 0 aromatic heterocycles. The van der Waals surface area contributed by atoms with Gasteiger partial charge in [-0.1, -0.05) is 0 Å². The van der Waals surface area contributed by atoms with Crippen molar-refractivity contribution in [2.24, 2.45) is 38.9 Å². The van der Waals surface area contributed by atoms with Crippen molar-refractivity contribution >= 4 is 23.8 Å². The van der Waals surface area contributed by atoms with E-state index in [-0.39, 0.29) is 44.3 Å². The largest absolute Gasteiger partial charge is 0.479 e. The van der Waals surface area contributed by atoms with Crippen LogP contribution in [-0.2, 0) is 4.79 Å². The molecule has 0 radical (unpaired) electrons. The molecule has 0 aromatic rings. The van der Waals surface area contributed by atoms with Crippen LogP contribution in [0.25, 0.3) is 0 Å². The molecule has 13 heteroatoms. The minimum absolute atomic E-state index is 0.0674. The summed E-state index contributed by atoms with van der Waals surface area (Å²) in [5, 5.41) is 27.9. The molecule has 0 aliphatic heterocycles. The molecule has 0 fully saturated rings. The summed E-state index contributed by atoms with van der Waals surface area (Å²) in [6.07, 6.45) is 2.03. The molecule has 29 heavy (non-hydrogen) atoms. The minimum Gasteiger partial charge on any atom is -0.479 e. The second-order valence-electron chi connectivity index (χ2n) is 6.88. The van der Waals surface area contributed by atoms with Crippen LogP contribution in [0.15, 0.2) is 10.2 Å². The number of aliphatic carboxylic acids is 1. The molecule has 0 heterocycles. The Morgan fingerprint density at radius 2 is 1.62 bits per heavy atom. The first-order valence-corrected chi connectivity index (χ1v) is 9.22. The molecular weight excluding hydrogens is 378 g/mol. The standard InChI is InChI=1S/C16H37N11O2/c1-4-27(24-14(19)20)16(12(28)29,9-7-10-25(2)3)8-5-6-11-26(15(21)22)23-13(17)18/h4-11H2,1-3H3,(H3,21,22)(H,28,29)(H4,17,18,23)(H4,19,20,24)/t16-/m1/s1/i1D. The summed E-state index contributed by atoms with van der Waals surface area (Å²) in [7, 11) is 3.81. The van der Waals surface area contributed by atoms with E-state index in [0.29, 0.717) is 32.2 Å². The number of rotatable bonds is 14. The third-order valence-corrected chi connectivity index (χ3v) is 4.26. The van der Waals surface area contributed by atoms with Crippen molar-refractivity contribution in [2.75, 3.05) is 33.7 Å². The van der Waals surface area contributed by atoms with Crippen LogP contribution < -0.4 is 28.7 Å². The van der Waals surface area contributed by atoms with E-state index >= 15 is 0 Å². The number of carboxylic acids is 1. The first-order chi connectivity index (χ1) is 14.0. The van der Waals surface area contributed by atoms with Gasteiger partial charge < -0.3 is 38.7 Å². The molecule has 0 rings (SSSR count). The molecule has 0 unspecified atom stereocenters. The number of likely N-dealkylation sites (N-methyl/N-ethyl adjacent to an activating group) is 1. The van der Waals surface area contributed by atoms with E-state index in [1.165, 1.54) is 5.01 Å². The van der Waals surface area contributed by atoms with Crippen molar-refractivity contribution in [1.82, 2.24) is 14.9 Å². The van der Waals surface area contributed by atoms with E-state index in [4.69, 9.17) is 35.4 Å². The van der Waals surface area contributed by atoms with Crippen molar-refractivity contribution in [3.8, 4) is 0 Å². The maximum Gasteiger partial charge on any atom is 0.331 e. The van der Waals surface area contributed by atoms with E-state index in [9.17, 15) is 9.90 Å². The highest BCUT2D eigenvalue weighted by Crippen LogP contribution is 2.29. The number of hydrogen-bond donors (Lipinski definition) is 7. The second-order valence-corrected chi connectivity index (χ2v) is 6.88. The van der Waals surface area contributed by atoms with Gasteiger partial charge in [0.05, 0.1) is 0 Å². The molecular formula is C16H37N11O2. The zero-order chi connectivity index (χ0) is 23.3. The molecule has 0 aliphatic rings. The highest BCUT2D eigenvalue weighted by Gasteiger charge is 2.43. The molecule has 0 aliphatic carbocycles. The zero-order valence-electron chi connectivity index (χ0n) is 18.3. The van der Waals surface area contributed by atoms with Gasteiger partial charge in [0.1, 0.15) is 0 Å². The van der Waals surface area contributed by atoms with Crippen molar-refractivity contribution < 1.29 is 11.3 Å². The molecule has 13 nitrogen and oxygen atoms in total. The first-order valence-electron chi connectivity index (χ1n) is 9.92. The summed E-state index contributed by atoms with van der Waals surface area (Å²) in [5.74, 6) is -1.89. The second kappa shape index (κ2) is 12.5. The molecule has 0 spiro atoms. The lowest BCUT2D eigenvalue weighted by atomic mass is 9.86. The average molecular weight is 417 g/mol. The predicted molar refractivity (Wildman–Crippen MR) is 115 cm³/mol.